The average Bonchev–Trinajstić information content (AvgIpc) is 2.12. The Hall–Kier alpha value is -0.370. The summed E-state index contributed by atoms with van der Waals surface area (Å²) in [6.45, 7) is 6.20. The molecule has 0 heterocycles. The Balaban J connectivity index is 0. The van der Waals surface area contributed by atoms with Crippen molar-refractivity contribution >= 4 is 5.78 Å². The van der Waals surface area contributed by atoms with Crippen molar-refractivity contribution in [3.63, 3.8) is 0 Å². The molecule has 0 saturated carbocycles. The van der Waals surface area contributed by atoms with Crippen molar-refractivity contribution in [3.8, 4) is 0 Å². The lowest BCUT2D eigenvalue weighted by Crippen LogP contribution is -1.86. The molecule has 0 aromatic heterocycles. The van der Waals surface area contributed by atoms with Gasteiger partial charge in [0.2, 0.25) is 0 Å². The summed E-state index contributed by atoms with van der Waals surface area (Å²) in [6.07, 6.45) is 6.26. The molecule has 2 nitrogen and oxygen atoms in total. The zero-order chi connectivity index (χ0) is 10.5. The third-order valence-corrected chi connectivity index (χ3v) is 1.64. The van der Waals surface area contributed by atoms with Crippen LogP contribution in [-0.2, 0) is 4.79 Å². The van der Waals surface area contributed by atoms with Crippen LogP contribution in [0, 0.1) is 0 Å². The van der Waals surface area contributed by atoms with E-state index in [0.717, 1.165) is 32.1 Å². The maximum absolute atomic E-state index is 10.2. The molecule has 0 aliphatic carbocycles. The van der Waals surface area contributed by atoms with Gasteiger partial charge in [-0.1, -0.05) is 33.1 Å². The minimum absolute atomic E-state index is 0.307. The SMILES string of the molecule is CCCCC(C)=O.CCCCCO. The number of Topliss-reactive ketones (excluding diaryl/α,β-unsaturated/α-hetero) is 1. The van der Waals surface area contributed by atoms with Crippen LogP contribution in [0.5, 0.6) is 0 Å². The Morgan fingerprint density at radius 2 is 1.62 bits per heavy atom. The van der Waals surface area contributed by atoms with Gasteiger partial charge in [0.25, 0.3) is 0 Å². The van der Waals surface area contributed by atoms with Gasteiger partial charge in [0.05, 0.1) is 0 Å². The molecule has 0 amide bonds. The van der Waals surface area contributed by atoms with Crippen LogP contribution in [0.25, 0.3) is 0 Å². The average molecular weight is 188 g/mol. The number of unbranched alkanes of at least 4 members (excludes halogenated alkanes) is 3. The zero-order valence-corrected chi connectivity index (χ0v) is 9.31. The van der Waals surface area contributed by atoms with Crippen molar-refractivity contribution in [1.29, 1.82) is 0 Å². The van der Waals surface area contributed by atoms with E-state index >= 15 is 0 Å². The molecule has 0 atom stereocenters. The van der Waals surface area contributed by atoms with Crippen LogP contribution in [0.4, 0.5) is 0 Å². The number of hydrogen-bond acceptors (Lipinski definition) is 2. The van der Waals surface area contributed by atoms with E-state index in [4.69, 9.17) is 5.11 Å². The number of ketones is 1. The minimum Gasteiger partial charge on any atom is -0.396 e. The fourth-order valence-corrected chi connectivity index (χ4v) is 0.788. The van der Waals surface area contributed by atoms with Gasteiger partial charge >= 0.3 is 0 Å². The fourth-order valence-electron chi connectivity index (χ4n) is 0.788. The van der Waals surface area contributed by atoms with E-state index in [1.54, 1.807) is 6.92 Å². The molecular weight excluding hydrogens is 164 g/mol. The van der Waals surface area contributed by atoms with Gasteiger partial charge in [0, 0.05) is 13.0 Å². The monoisotopic (exact) mass is 188 g/mol. The lowest BCUT2D eigenvalue weighted by atomic mass is 10.2. The van der Waals surface area contributed by atoms with E-state index in [1.807, 2.05) is 0 Å². The molecule has 0 aliphatic rings. The molecule has 0 saturated heterocycles. The fraction of sp³-hybridized carbons (Fsp3) is 0.909. The van der Waals surface area contributed by atoms with Gasteiger partial charge in [-0.25, -0.2) is 0 Å². The zero-order valence-electron chi connectivity index (χ0n) is 9.31. The van der Waals surface area contributed by atoms with Crippen LogP contribution < -0.4 is 0 Å². The Morgan fingerprint density at radius 1 is 1.08 bits per heavy atom. The van der Waals surface area contributed by atoms with Gasteiger partial charge in [-0.3, -0.25) is 0 Å². The standard InChI is InChI=1S/C6H12O.C5H12O/c1-3-4-5-6(2)7;1-2-3-4-5-6/h3-5H2,1-2H3;6H,2-5H2,1H3. The van der Waals surface area contributed by atoms with E-state index in [0.29, 0.717) is 12.4 Å². The highest BCUT2D eigenvalue weighted by atomic mass is 16.2. The molecule has 0 spiro atoms. The molecule has 13 heavy (non-hydrogen) atoms. The van der Waals surface area contributed by atoms with Gasteiger partial charge in [0.1, 0.15) is 5.78 Å². The number of carbonyl (C=O) groups is 1. The topological polar surface area (TPSA) is 37.3 Å². The van der Waals surface area contributed by atoms with Crippen molar-refractivity contribution in [2.45, 2.75) is 59.3 Å². The first-order valence-electron chi connectivity index (χ1n) is 5.29. The molecule has 0 aromatic rings. The van der Waals surface area contributed by atoms with E-state index in [-0.39, 0.29) is 0 Å². The maximum Gasteiger partial charge on any atom is 0.129 e. The van der Waals surface area contributed by atoms with Crippen molar-refractivity contribution < 1.29 is 9.90 Å². The van der Waals surface area contributed by atoms with Crippen LogP contribution in [-0.4, -0.2) is 17.5 Å². The summed E-state index contributed by atoms with van der Waals surface area (Å²) in [4.78, 5) is 10.2. The molecule has 0 fully saturated rings. The number of carbonyl (C=O) groups excluding carboxylic acids is 1. The van der Waals surface area contributed by atoms with Crippen molar-refractivity contribution in [2.75, 3.05) is 6.61 Å². The van der Waals surface area contributed by atoms with Gasteiger partial charge in [-0.15, -0.1) is 0 Å². The summed E-state index contributed by atoms with van der Waals surface area (Å²) >= 11 is 0. The van der Waals surface area contributed by atoms with Gasteiger partial charge in [-0.05, 0) is 19.8 Å². The summed E-state index contributed by atoms with van der Waals surface area (Å²) in [6, 6.07) is 0. The molecule has 1 N–H and O–H groups in total. The summed E-state index contributed by atoms with van der Waals surface area (Å²) in [7, 11) is 0. The highest BCUT2D eigenvalue weighted by Crippen LogP contribution is 1.92. The Morgan fingerprint density at radius 3 is 1.77 bits per heavy atom. The Kier molecular flexibility index (Phi) is 16.5. The van der Waals surface area contributed by atoms with E-state index < -0.39 is 0 Å². The van der Waals surface area contributed by atoms with E-state index in [9.17, 15) is 4.79 Å². The maximum atomic E-state index is 10.2. The molecule has 0 radical (unpaired) electrons. The molecule has 0 aliphatic heterocycles. The van der Waals surface area contributed by atoms with Crippen LogP contribution in [0.3, 0.4) is 0 Å². The van der Waals surface area contributed by atoms with Gasteiger partial charge < -0.3 is 9.90 Å². The summed E-state index contributed by atoms with van der Waals surface area (Å²) < 4.78 is 0. The van der Waals surface area contributed by atoms with Crippen molar-refractivity contribution in [1.82, 2.24) is 0 Å². The molecule has 2 heteroatoms. The lowest BCUT2D eigenvalue weighted by Gasteiger charge is -1.86. The molecular formula is C11H24O2. The molecule has 0 bridgehead atoms. The predicted molar refractivity (Wildman–Crippen MR) is 56.8 cm³/mol. The van der Waals surface area contributed by atoms with Crippen LogP contribution in [0.1, 0.15) is 59.3 Å². The largest absolute Gasteiger partial charge is 0.396 e. The quantitative estimate of drug-likeness (QED) is 0.651. The first kappa shape index (κ1) is 15.1. The summed E-state index contributed by atoms with van der Waals surface area (Å²) in [5.74, 6) is 0.307. The van der Waals surface area contributed by atoms with E-state index in [1.165, 1.54) is 6.42 Å². The van der Waals surface area contributed by atoms with Crippen molar-refractivity contribution in [2.24, 2.45) is 0 Å². The number of aliphatic hydroxyl groups excluding tert-OH is 1. The van der Waals surface area contributed by atoms with Crippen LogP contribution >= 0.6 is 0 Å². The number of rotatable bonds is 6. The third-order valence-electron chi connectivity index (χ3n) is 1.64. The lowest BCUT2D eigenvalue weighted by molar-refractivity contribution is -0.117. The summed E-state index contributed by atoms with van der Waals surface area (Å²) in [5, 5.41) is 8.20. The smallest absolute Gasteiger partial charge is 0.129 e. The first-order valence-corrected chi connectivity index (χ1v) is 5.29. The molecule has 0 unspecified atom stereocenters. The number of hydrogen-bond donors (Lipinski definition) is 1. The van der Waals surface area contributed by atoms with Crippen LogP contribution in [0.15, 0.2) is 0 Å². The third kappa shape index (κ3) is 24.5. The van der Waals surface area contributed by atoms with Gasteiger partial charge in [-0.2, -0.15) is 0 Å². The highest BCUT2D eigenvalue weighted by molar-refractivity contribution is 5.75. The first-order chi connectivity index (χ1) is 6.18. The normalized spacial score (nSPS) is 8.92. The van der Waals surface area contributed by atoms with Gasteiger partial charge in [0.15, 0.2) is 0 Å². The molecule has 80 valence electrons. The second-order valence-electron chi connectivity index (χ2n) is 3.24. The Bertz CT molecular complexity index is 96.3. The second kappa shape index (κ2) is 14.2. The predicted octanol–water partition coefficient (Wildman–Crippen LogP) is 2.93. The Labute approximate surface area is 82.4 Å². The highest BCUT2D eigenvalue weighted by Gasteiger charge is 1.87. The van der Waals surface area contributed by atoms with Crippen LogP contribution in [0.2, 0.25) is 0 Å². The van der Waals surface area contributed by atoms with Crippen molar-refractivity contribution in [3.05, 3.63) is 0 Å². The second-order valence-corrected chi connectivity index (χ2v) is 3.24. The summed E-state index contributed by atoms with van der Waals surface area (Å²) in [5.41, 5.74) is 0. The minimum atomic E-state index is 0.307. The number of aliphatic hydroxyl groups is 1. The molecule has 0 aromatic carbocycles. The van der Waals surface area contributed by atoms with E-state index in [2.05, 4.69) is 13.8 Å². The molecule has 0 rings (SSSR count).